The maximum absolute atomic E-state index is 6.11. The van der Waals surface area contributed by atoms with E-state index in [9.17, 15) is 0 Å². The van der Waals surface area contributed by atoms with Crippen LogP contribution in [0.4, 0.5) is 0 Å². The lowest BCUT2D eigenvalue weighted by Crippen LogP contribution is -1.97. The second-order valence-electron chi connectivity index (χ2n) is 6.04. The lowest BCUT2D eigenvalue weighted by Gasteiger charge is -2.10. The molecule has 3 heterocycles. The summed E-state index contributed by atoms with van der Waals surface area (Å²) in [6.45, 7) is 0. The van der Waals surface area contributed by atoms with Crippen molar-refractivity contribution in [1.82, 2.24) is 29.7 Å². The molecule has 7 heteroatoms. The number of nitrogens with zero attached hydrogens (tertiary/aromatic N) is 6. The molecule has 0 aliphatic carbocycles. The van der Waals surface area contributed by atoms with E-state index in [1.165, 1.54) is 6.33 Å². The molecule has 0 saturated carbocycles. The van der Waals surface area contributed by atoms with Gasteiger partial charge in [-0.25, -0.2) is 14.6 Å². The second kappa shape index (κ2) is 6.88. The van der Waals surface area contributed by atoms with Crippen LogP contribution in [-0.2, 0) is 0 Å². The number of hydrogen-bond donors (Lipinski definition) is 0. The number of fused-ring (bicyclic) bond motifs is 1. The summed E-state index contributed by atoms with van der Waals surface area (Å²) in [5.41, 5.74) is 2.60. The van der Waals surface area contributed by atoms with Crippen LogP contribution in [0.3, 0.4) is 0 Å². The normalized spacial score (nSPS) is 10.9. The van der Waals surface area contributed by atoms with Gasteiger partial charge in [0.05, 0.1) is 16.6 Å². The van der Waals surface area contributed by atoms with Crippen molar-refractivity contribution in [3.63, 3.8) is 0 Å². The molecule has 0 fully saturated rings. The number of ether oxygens (including phenoxy) is 1. The maximum Gasteiger partial charge on any atom is 0.230 e. The van der Waals surface area contributed by atoms with Crippen molar-refractivity contribution in [3.8, 4) is 28.7 Å². The zero-order chi connectivity index (χ0) is 18.8. The van der Waals surface area contributed by atoms with E-state index in [4.69, 9.17) is 4.74 Å². The summed E-state index contributed by atoms with van der Waals surface area (Å²) < 4.78 is 7.80. The summed E-state index contributed by atoms with van der Waals surface area (Å²) in [4.78, 5) is 17.3. The Morgan fingerprint density at radius 1 is 0.786 bits per heavy atom. The van der Waals surface area contributed by atoms with Gasteiger partial charge in [0.1, 0.15) is 18.4 Å². The molecule has 0 unspecified atom stereocenters. The molecule has 0 aliphatic rings. The molecule has 0 atom stereocenters. The Bertz CT molecular complexity index is 1220. The van der Waals surface area contributed by atoms with Crippen LogP contribution in [0.5, 0.6) is 11.6 Å². The van der Waals surface area contributed by atoms with Gasteiger partial charge < -0.3 is 4.74 Å². The van der Waals surface area contributed by atoms with Crippen LogP contribution in [0.25, 0.3) is 28.0 Å². The maximum atomic E-state index is 6.11. The second-order valence-corrected chi connectivity index (χ2v) is 6.04. The molecule has 0 radical (unpaired) electrons. The Morgan fingerprint density at radius 2 is 1.61 bits per heavy atom. The van der Waals surface area contributed by atoms with Gasteiger partial charge in [-0.1, -0.05) is 12.1 Å². The van der Waals surface area contributed by atoms with E-state index >= 15 is 0 Å². The number of aromatic nitrogens is 6. The molecular weight excluding hydrogens is 352 g/mol. The van der Waals surface area contributed by atoms with Crippen LogP contribution in [0.2, 0.25) is 0 Å². The van der Waals surface area contributed by atoms with E-state index in [1.807, 2.05) is 60.7 Å². The van der Waals surface area contributed by atoms with Gasteiger partial charge in [0.2, 0.25) is 5.88 Å². The lowest BCUT2D eigenvalue weighted by atomic mass is 10.2. The molecule has 134 valence electrons. The van der Waals surface area contributed by atoms with Crippen LogP contribution < -0.4 is 4.74 Å². The minimum atomic E-state index is 0.505. The van der Waals surface area contributed by atoms with Crippen LogP contribution in [0.15, 0.2) is 85.7 Å². The third kappa shape index (κ3) is 3.05. The Kier molecular flexibility index (Phi) is 3.95. The van der Waals surface area contributed by atoms with Crippen LogP contribution in [-0.4, -0.2) is 29.7 Å². The third-order valence-electron chi connectivity index (χ3n) is 4.24. The average Bonchev–Trinajstić information content (AvgIpc) is 3.30. The lowest BCUT2D eigenvalue weighted by molar-refractivity contribution is 0.469. The fourth-order valence-corrected chi connectivity index (χ4v) is 2.88. The van der Waals surface area contributed by atoms with E-state index in [1.54, 1.807) is 23.4 Å². The number of hydrogen-bond acceptors (Lipinski definition) is 6. The first kappa shape index (κ1) is 16.1. The zero-order valence-corrected chi connectivity index (χ0v) is 14.7. The van der Waals surface area contributed by atoms with E-state index < -0.39 is 0 Å². The van der Waals surface area contributed by atoms with Crippen LogP contribution in [0, 0.1) is 0 Å². The largest absolute Gasteiger partial charge is 0.438 e. The monoisotopic (exact) mass is 366 g/mol. The number of benzene rings is 2. The standard InChI is InChI=1S/C21H14N6O/c1-2-4-19-18(3-1)21(26-20(25-19)15-9-11-22-12-10-15)28-17-7-5-16(6-8-17)27-14-23-13-24-27/h1-14H. The van der Waals surface area contributed by atoms with Crippen molar-refractivity contribution < 1.29 is 4.74 Å². The Labute approximate surface area is 160 Å². The zero-order valence-electron chi connectivity index (χ0n) is 14.7. The average molecular weight is 366 g/mol. The van der Waals surface area contributed by atoms with Gasteiger partial charge in [-0.2, -0.15) is 10.1 Å². The van der Waals surface area contributed by atoms with Gasteiger partial charge in [-0.3, -0.25) is 4.98 Å². The number of para-hydroxylation sites is 1. The first-order valence-electron chi connectivity index (χ1n) is 8.67. The van der Waals surface area contributed by atoms with E-state index in [2.05, 4.69) is 25.0 Å². The Hall–Kier alpha value is -4.13. The first-order valence-corrected chi connectivity index (χ1v) is 8.67. The Morgan fingerprint density at radius 3 is 2.39 bits per heavy atom. The molecular formula is C21H14N6O. The van der Waals surface area contributed by atoms with Crippen molar-refractivity contribution in [1.29, 1.82) is 0 Å². The molecule has 28 heavy (non-hydrogen) atoms. The van der Waals surface area contributed by atoms with Crippen molar-refractivity contribution in [2.24, 2.45) is 0 Å². The highest BCUT2D eigenvalue weighted by atomic mass is 16.5. The molecule has 5 rings (SSSR count). The van der Waals surface area contributed by atoms with Gasteiger partial charge in [0.15, 0.2) is 5.82 Å². The fraction of sp³-hybridized carbons (Fsp3) is 0. The SMILES string of the molecule is c1ccc2c(Oc3ccc(-n4cncn4)cc3)nc(-c3ccncc3)nc2c1. The smallest absolute Gasteiger partial charge is 0.230 e. The molecule has 2 aromatic carbocycles. The summed E-state index contributed by atoms with van der Waals surface area (Å²) in [6.07, 6.45) is 6.58. The van der Waals surface area contributed by atoms with Crippen molar-refractivity contribution >= 4 is 10.9 Å². The molecule has 0 saturated heterocycles. The molecule has 5 aromatic rings. The fourth-order valence-electron chi connectivity index (χ4n) is 2.88. The summed E-state index contributed by atoms with van der Waals surface area (Å²) in [6, 6.07) is 19.1. The predicted molar refractivity (Wildman–Crippen MR) is 104 cm³/mol. The van der Waals surface area contributed by atoms with E-state index in [0.29, 0.717) is 17.5 Å². The highest BCUT2D eigenvalue weighted by Gasteiger charge is 2.11. The van der Waals surface area contributed by atoms with E-state index in [-0.39, 0.29) is 0 Å². The van der Waals surface area contributed by atoms with Gasteiger partial charge in [-0.05, 0) is 48.5 Å². The van der Waals surface area contributed by atoms with Crippen molar-refractivity contribution in [2.75, 3.05) is 0 Å². The van der Waals surface area contributed by atoms with E-state index in [0.717, 1.165) is 22.2 Å². The van der Waals surface area contributed by atoms with Gasteiger partial charge in [-0.15, -0.1) is 0 Å². The molecule has 7 nitrogen and oxygen atoms in total. The molecule has 0 aliphatic heterocycles. The predicted octanol–water partition coefficient (Wildman–Crippen LogP) is 4.06. The summed E-state index contributed by atoms with van der Waals surface area (Å²) in [5.74, 6) is 1.77. The summed E-state index contributed by atoms with van der Waals surface area (Å²) in [7, 11) is 0. The third-order valence-corrected chi connectivity index (χ3v) is 4.24. The van der Waals surface area contributed by atoms with Gasteiger partial charge in [0, 0.05) is 18.0 Å². The summed E-state index contributed by atoms with van der Waals surface area (Å²) in [5, 5.41) is 4.97. The van der Waals surface area contributed by atoms with Crippen molar-refractivity contribution in [2.45, 2.75) is 0 Å². The molecule has 0 spiro atoms. The highest BCUT2D eigenvalue weighted by molar-refractivity contribution is 5.85. The number of rotatable bonds is 4. The minimum absolute atomic E-state index is 0.505. The molecule has 0 N–H and O–H groups in total. The topological polar surface area (TPSA) is 78.6 Å². The first-order chi connectivity index (χ1) is 13.9. The molecule has 0 amide bonds. The summed E-state index contributed by atoms with van der Waals surface area (Å²) >= 11 is 0. The molecule has 0 bridgehead atoms. The Balaban J connectivity index is 1.54. The highest BCUT2D eigenvalue weighted by Crippen LogP contribution is 2.30. The molecule has 3 aromatic heterocycles. The quantitative estimate of drug-likeness (QED) is 0.477. The number of pyridine rings is 1. The van der Waals surface area contributed by atoms with Gasteiger partial charge >= 0.3 is 0 Å². The van der Waals surface area contributed by atoms with Crippen LogP contribution >= 0.6 is 0 Å². The van der Waals surface area contributed by atoms with Crippen LogP contribution in [0.1, 0.15) is 0 Å². The minimum Gasteiger partial charge on any atom is -0.438 e. The van der Waals surface area contributed by atoms with Gasteiger partial charge in [0.25, 0.3) is 0 Å². The van der Waals surface area contributed by atoms with Crippen molar-refractivity contribution in [3.05, 3.63) is 85.7 Å².